The molecule has 1 aliphatic heterocycles. The summed E-state index contributed by atoms with van der Waals surface area (Å²) in [6, 6.07) is 7.53. The number of allylic oxidation sites excluding steroid dienone is 1. The number of aromatic nitrogens is 1. The average molecular weight is 795 g/mol. The van der Waals surface area contributed by atoms with Crippen LogP contribution >= 0.6 is 33.9 Å². The standard InChI is InChI=1S/C33H35IN2O11S/c1-7-43-23-15-20(10-11-22(23)46-16-26(37)42-6)29-28(32(40)45-9-3)18(4)35-33-36(29)31(39)25(48-33)14-19-12-21(34)30(24(13-19)41-5)47-17-27(38)44-8-2/h10-15,29H,7-9,16-17H2,1-6H3/b25-14-/t29-/m0/s1. The highest BCUT2D eigenvalue weighted by atomic mass is 127. The second-order valence-electron chi connectivity index (χ2n) is 9.93. The zero-order chi connectivity index (χ0) is 35.0. The Morgan fingerprint density at radius 1 is 0.917 bits per heavy atom. The molecular formula is C33H35IN2O11S. The first-order chi connectivity index (χ1) is 23.1. The molecule has 1 aromatic heterocycles. The van der Waals surface area contributed by atoms with Crippen LogP contribution in [0.4, 0.5) is 0 Å². The number of methoxy groups -OCH3 is 2. The number of hydrogen-bond acceptors (Lipinski definition) is 13. The number of rotatable bonds is 14. The molecule has 1 atom stereocenters. The van der Waals surface area contributed by atoms with Gasteiger partial charge in [0, 0.05) is 0 Å². The SMILES string of the molecule is CCOC(=O)COc1c(I)cc(/C=c2\sc3n(c2=O)[C@@H](c2ccc(OCC(=O)OC)c(OCC)c2)C(C(=O)OCC)=C(C)N=3)cc1OC. The summed E-state index contributed by atoms with van der Waals surface area (Å²) >= 11 is 3.22. The van der Waals surface area contributed by atoms with Gasteiger partial charge in [-0.15, -0.1) is 0 Å². The number of benzene rings is 2. The van der Waals surface area contributed by atoms with E-state index >= 15 is 0 Å². The highest BCUT2D eigenvalue weighted by molar-refractivity contribution is 14.1. The molecule has 15 heteroatoms. The van der Waals surface area contributed by atoms with Crippen molar-refractivity contribution in [1.29, 1.82) is 0 Å². The summed E-state index contributed by atoms with van der Waals surface area (Å²) in [6.07, 6.45) is 1.69. The van der Waals surface area contributed by atoms with Crippen molar-refractivity contribution in [1.82, 2.24) is 4.57 Å². The Labute approximate surface area is 293 Å². The zero-order valence-electron chi connectivity index (χ0n) is 27.2. The van der Waals surface area contributed by atoms with E-state index < -0.39 is 29.5 Å². The largest absolute Gasteiger partial charge is 0.493 e. The Kier molecular flexibility index (Phi) is 12.6. The lowest BCUT2D eigenvalue weighted by atomic mass is 9.95. The van der Waals surface area contributed by atoms with Gasteiger partial charge in [-0.2, -0.15) is 0 Å². The first-order valence-corrected chi connectivity index (χ1v) is 16.8. The predicted octanol–water partition coefficient (Wildman–Crippen LogP) is 3.30. The molecule has 0 saturated heterocycles. The van der Waals surface area contributed by atoms with Crippen LogP contribution in [0.2, 0.25) is 0 Å². The van der Waals surface area contributed by atoms with E-state index in [0.29, 0.717) is 47.0 Å². The van der Waals surface area contributed by atoms with Crippen LogP contribution in [0.15, 0.2) is 51.4 Å². The second-order valence-corrected chi connectivity index (χ2v) is 12.1. The molecule has 0 bridgehead atoms. The van der Waals surface area contributed by atoms with Gasteiger partial charge >= 0.3 is 17.9 Å². The van der Waals surface area contributed by atoms with E-state index in [4.69, 9.17) is 28.4 Å². The van der Waals surface area contributed by atoms with Crippen molar-refractivity contribution < 1.29 is 47.5 Å². The van der Waals surface area contributed by atoms with Crippen LogP contribution in [0, 0.1) is 3.57 Å². The summed E-state index contributed by atoms with van der Waals surface area (Å²) in [4.78, 5) is 56.1. The van der Waals surface area contributed by atoms with E-state index in [0.717, 1.165) is 11.3 Å². The highest BCUT2D eigenvalue weighted by Gasteiger charge is 2.34. The summed E-state index contributed by atoms with van der Waals surface area (Å²) < 4.78 is 40.1. The van der Waals surface area contributed by atoms with Crippen molar-refractivity contribution in [2.75, 3.05) is 47.3 Å². The van der Waals surface area contributed by atoms with Gasteiger partial charge in [0.1, 0.15) is 0 Å². The number of thiazole rings is 1. The number of fused-ring (bicyclic) bond motifs is 1. The molecule has 0 amide bonds. The molecule has 0 unspecified atom stereocenters. The summed E-state index contributed by atoms with van der Waals surface area (Å²) in [6.45, 7) is 6.91. The number of nitrogens with zero attached hydrogens (tertiary/aromatic N) is 2. The quantitative estimate of drug-likeness (QED) is 0.134. The maximum atomic E-state index is 14.2. The Morgan fingerprint density at radius 2 is 1.65 bits per heavy atom. The lowest BCUT2D eigenvalue weighted by Gasteiger charge is -2.25. The fourth-order valence-corrected chi connectivity index (χ4v) is 6.66. The molecule has 0 saturated carbocycles. The molecule has 1 aliphatic rings. The normalized spacial score (nSPS) is 14.1. The van der Waals surface area contributed by atoms with Gasteiger partial charge in [0.15, 0.2) is 41.0 Å². The fourth-order valence-electron chi connectivity index (χ4n) is 4.83. The van der Waals surface area contributed by atoms with Gasteiger partial charge in [-0.1, -0.05) is 17.4 Å². The summed E-state index contributed by atoms with van der Waals surface area (Å²) in [5, 5.41) is 0. The van der Waals surface area contributed by atoms with Gasteiger partial charge in [0.2, 0.25) is 0 Å². The number of carbonyl (C=O) groups is 3. The third kappa shape index (κ3) is 8.18. The van der Waals surface area contributed by atoms with Crippen molar-refractivity contribution in [3.8, 4) is 23.0 Å². The van der Waals surface area contributed by atoms with Crippen molar-refractivity contribution >= 4 is 57.9 Å². The van der Waals surface area contributed by atoms with Crippen LogP contribution in [0.25, 0.3) is 6.08 Å². The molecular weight excluding hydrogens is 759 g/mol. The monoisotopic (exact) mass is 794 g/mol. The lowest BCUT2D eigenvalue weighted by molar-refractivity contribution is -0.145. The second kappa shape index (κ2) is 16.6. The first-order valence-electron chi connectivity index (χ1n) is 14.9. The maximum absolute atomic E-state index is 14.2. The number of hydrogen-bond donors (Lipinski definition) is 0. The number of halogens is 1. The average Bonchev–Trinajstić information content (AvgIpc) is 3.36. The molecule has 2 aromatic carbocycles. The minimum absolute atomic E-state index is 0.122. The molecule has 256 valence electrons. The minimum Gasteiger partial charge on any atom is -0.493 e. The molecule has 0 fully saturated rings. The van der Waals surface area contributed by atoms with E-state index in [1.807, 2.05) is 0 Å². The van der Waals surface area contributed by atoms with Crippen LogP contribution in [0.5, 0.6) is 23.0 Å². The number of ether oxygens (including phenoxy) is 7. The van der Waals surface area contributed by atoms with Crippen LogP contribution in [0.1, 0.15) is 44.9 Å². The van der Waals surface area contributed by atoms with E-state index in [2.05, 4.69) is 32.3 Å². The molecule has 2 heterocycles. The minimum atomic E-state index is -0.912. The Balaban J connectivity index is 1.84. The highest BCUT2D eigenvalue weighted by Crippen LogP contribution is 2.37. The summed E-state index contributed by atoms with van der Waals surface area (Å²) in [5.41, 5.74) is 1.37. The van der Waals surface area contributed by atoms with Crippen LogP contribution < -0.4 is 33.8 Å². The Bertz CT molecular complexity index is 1910. The topological polar surface area (TPSA) is 150 Å². The van der Waals surface area contributed by atoms with Gasteiger partial charge in [0.25, 0.3) is 5.56 Å². The molecule has 4 rings (SSSR count). The van der Waals surface area contributed by atoms with Crippen LogP contribution in [0.3, 0.4) is 0 Å². The maximum Gasteiger partial charge on any atom is 0.344 e. The van der Waals surface area contributed by atoms with Crippen LogP contribution in [-0.2, 0) is 28.6 Å². The van der Waals surface area contributed by atoms with Gasteiger partial charge in [0.05, 0.1) is 59.5 Å². The molecule has 0 aliphatic carbocycles. The van der Waals surface area contributed by atoms with E-state index in [1.165, 1.54) is 18.8 Å². The van der Waals surface area contributed by atoms with Crippen LogP contribution in [-0.4, -0.2) is 69.7 Å². The smallest absolute Gasteiger partial charge is 0.344 e. The van der Waals surface area contributed by atoms with E-state index in [9.17, 15) is 19.2 Å². The predicted molar refractivity (Wildman–Crippen MR) is 183 cm³/mol. The third-order valence-corrected chi connectivity index (χ3v) is 8.65. The van der Waals surface area contributed by atoms with Crippen molar-refractivity contribution in [3.05, 3.63) is 76.0 Å². The van der Waals surface area contributed by atoms with Gasteiger partial charge in [-0.3, -0.25) is 9.36 Å². The van der Waals surface area contributed by atoms with E-state index in [1.54, 1.807) is 64.1 Å². The fraction of sp³-hybridized carbons (Fsp3) is 0.364. The Morgan fingerprint density at radius 3 is 2.31 bits per heavy atom. The van der Waals surface area contributed by atoms with Crippen molar-refractivity contribution in [2.45, 2.75) is 33.7 Å². The zero-order valence-corrected chi connectivity index (χ0v) is 30.2. The molecule has 3 aromatic rings. The van der Waals surface area contributed by atoms with Gasteiger partial charge in [-0.25, -0.2) is 19.4 Å². The lowest BCUT2D eigenvalue weighted by Crippen LogP contribution is -2.40. The number of carbonyl (C=O) groups excluding carboxylic acids is 3. The van der Waals surface area contributed by atoms with Crippen molar-refractivity contribution in [3.63, 3.8) is 0 Å². The molecule has 48 heavy (non-hydrogen) atoms. The third-order valence-electron chi connectivity index (χ3n) is 6.86. The summed E-state index contributed by atoms with van der Waals surface area (Å²) in [7, 11) is 2.73. The molecule has 0 radical (unpaired) electrons. The molecule has 13 nitrogen and oxygen atoms in total. The first kappa shape index (κ1) is 36.5. The Hall–Kier alpha value is -4.38. The molecule has 0 spiro atoms. The van der Waals surface area contributed by atoms with E-state index in [-0.39, 0.29) is 44.4 Å². The van der Waals surface area contributed by atoms with Crippen molar-refractivity contribution in [2.24, 2.45) is 4.99 Å². The molecule has 0 N–H and O–H groups in total. The van der Waals surface area contributed by atoms with Gasteiger partial charge in [-0.05, 0) is 91.8 Å². The number of esters is 3. The summed E-state index contributed by atoms with van der Waals surface area (Å²) in [5.74, 6) is -0.363. The van der Waals surface area contributed by atoms with Gasteiger partial charge < -0.3 is 33.2 Å².